The van der Waals surface area contributed by atoms with Gasteiger partial charge in [0.15, 0.2) is 0 Å². The Balaban J connectivity index is 2.13. The first-order chi connectivity index (χ1) is 9.97. The maximum absolute atomic E-state index is 11.6. The number of esters is 1. The van der Waals surface area contributed by atoms with E-state index >= 15 is 0 Å². The van der Waals surface area contributed by atoms with E-state index in [0.717, 1.165) is 31.6 Å². The first-order valence-corrected chi connectivity index (χ1v) is 7.63. The van der Waals surface area contributed by atoms with Crippen molar-refractivity contribution < 1.29 is 14.3 Å². The van der Waals surface area contributed by atoms with Gasteiger partial charge in [0.2, 0.25) is 0 Å². The number of methoxy groups -OCH3 is 1. The Kier molecular flexibility index (Phi) is 5.12. The lowest BCUT2D eigenvalue weighted by Crippen LogP contribution is -2.41. The maximum atomic E-state index is 11.6. The number of carbonyl (C=O) groups is 1. The van der Waals surface area contributed by atoms with Crippen LogP contribution in [0.1, 0.15) is 43.5 Å². The van der Waals surface area contributed by atoms with Gasteiger partial charge < -0.3 is 14.8 Å². The number of rotatable bonds is 4. The zero-order valence-corrected chi connectivity index (χ0v) is 13.5. The Bertz CT molecular complexity index is 520. The second-order valence-electron chi connectivity index (χ2n) is 5.67. The Morgan fingerprint density at radius 2 is 2.33 bits per heavy atom. The molecule has 1 N–H and O–H groups in total. The van der Waals surface area contributed by atoms with E-state index in [2.05, 4.69) is 19.2 Å². The van der Waals surface area contributed by atoms with Crippen LogP contribution in [0.2, 0.25) is 5.02 Å². The fourth-order valence-electron chi connectivity index (χ4n) is 2.60. The summed E-state index contributed by atoms with van der Waals surface area (Å²) in [7, 11) is 1.37. The van der Waals surface area contributed by atoms with Gasteiger partial charge in [-0.3, -0.25) is 0 Å². The Morgan fingerprint density at radius 1 is 1.57 bits per heavy atom. The molecule has 1 saturated heterocycles. The Morgan fingerprint density at radius 3 is 3.00 bits per heavy atom. The molecule has 2 atom stereocenters. The van der Waals surface area contributed by atoms with E-state index in [-0.39, 0.29) is 17.6 Å². The van der Waals surface area contributed by atoms with Crippen LogP contribution in [0.4, 0.5) is 5.69 Å². The molecule has 0 amide bonds. The van der Waals surface area contributed by atoms with Gasteiger partial charge in [-0.2, -0.15) is 0 Å². The van der Waals surface area contributed by atoms with Crippen molar-refractivity contribution in [2.45, 2.75) is 44.8 Å². The largest absolute Gasteiger partial charge is 0.465 e. The van der Waals surface area contributed by atoms with Crippen molar-refractivity contribution in [2.24, 2.45) is 0 Å². The molecular formula is C16H22ClNO3. The zero-order valence-electron chi connectivity index (χ0n) is 12.7. The molecule has 1 aliphatic heterocycles. The summed E-state index contributed by atoms with van der Waals surface area (Å²) in [6.07, 6.45) is 2.82. The minimum atomic E-state index is -0.361. The van der Waals surface area contributed by atoms with E-state index < -0.39 is 0 Å². The highest BCUT2D eigenvalue weighted by molar-refractivity contribution is 6.33. The molecule has 0 aliphatic carbocycles. The molecule has 0 saturated carbocycles. The summed E-state index contributed by atoms with van der Waals surface area (Å²) >= 11 is 6.22. The number of hydrogen-bond donors (Lipinski definition) is 1. The summed E-state index contributed by atoms with van der Waals surface area (Å²) < 4.78 is 10.6. The molecular weight excluding hydrogens is 290 g/mol. The number of hydrogen-bond acceptors (Lipinski definition) is 4. The van der Waals surface area contributed by atoms with E-state index in [1.807, 2.05) is 0 Å². The minimum absolute atomic E-state index is 0.0949. The number of nitrogens with one attached hydrogen (secondary N) is 1. The molecule has 0 bridgehead atoms. The van der Waals surface area contributed by atoms with Crippen molar-refractivity contribution in [3.63, 3.8) is 0 Å². The quantitative estimate of drug-likeness (QED) is 0.857. The first-order valence-electron chi connectivity index (χ1n) is 7.26. The van der Waals surface area contributed by atoms with E-state index in [9.17, 15) is 4.79 Å². The number of halogens is 1. The van der Waals surface area contributed by atoms with Crippen LogP contribution in [0.15, 0.2) is 18.2 Å². The van der Waals surface area contributed by atoms with Crippen LogP contribution in [-0.4, -0.2) is 31.3 Å². The molecule has 2 rings (SSSR count). The predicted octanol–water partition coefficient (Wildman–Crippen LogP) is 3.89. The van der Waals surface area contributed by atoms with Crippen LogP contribution >= 0.6 is 11.6 Å². The summed E-state index contributed by atoms with van der Waals surface area (Å²) in [6, 6.07) is 5.41. The molecule has 116 valence electrons. The van der Waals surface area contributed by atoms with E-state index in [1.165, 1.54) is 7.11 Å². The van der Waals surface area contributed by atoms with Crippen molar-refractivity contribution in [3.8, 4) is 0 Å². The molecule has 5 heteroatoms. The van der Waals surface area contributed by atoms with Gasteiger partial charge >= 0.3 is 5.97 Å². The highest BCUT2D eigenvalue weighted by atomic mass is 35.5. The van der Waals surface area contributed by atoms with E-state index in [1.54, 1.807) is 18.2 Å². The van der Waals surface area contributed by atoms with Gasteiger partial charge in [0.05, 0.1) is 29.0 Å². The summed E-state index contributed by atoms with van der Waals surface area (Å²) in [6.45, 7) is 5.00. The van der Waals surface area contributed by atoms with Gasteiger partial charge in [0.25, 0.3) is 0 Å². The van der Waals surface area contributed by atoms with E-state index in [4.69, 9.17) is 21.1 Å². The smallest absolute Gasteiger partial charge is 0.337 e. The van der Waals surface area contributed by atoms with E-state index in [0.29, 0.717) is 10.6 Å². The Labute approximate surface area is 130 Å². The van der Waals surface area contributed by atoms with Crippen LogP contribution in [0.5, 0.6) is 0 Å². The van der Waals surface area contributed by atoms with Gasteiger partial charge in [-0.05, 0) is 44.4 Å². The summed E-state index contributed by atoms with van der Waals surface area (Å²) in [5.74, 6) is -0.361. The normalized spacial score (nSPS) is 25.4. The van der Waals surface area contributed by atoms with Gasteiger partial charge in [-0.1, -0.05) is 18.5 Å². The van der Waals surface area contributed by atoms with Crippen molar-refractivity contribution in [1.82, 2.24) is 0 Å². The Hall–Kier alpha value is -1.26. The van der Waals surface area contributed by atoms with Gasteiger partial charge in [-0.25, -0.2) is 4.79 Å². The van der Waals surface area contributed by atoms with Gasteiger partial charge in [-0.15, -0.1) is 0 Å². The summed E-state index contributed by atoms with van der Waals surface area (Å²) in [5.41, 5.74) is 1.17. The van der Waals surface area contributed by atoms with Gasteiger partial charge in [0, 0.05) is 12.6 Å². The molecule has 21 heavy (non-hydrogen) atoms. The van der Waals surface area contributed by atoms with Crippen LogP contribution in [0.3, 0.4) is 0 Å². The summed E-state index contributed by atoms with van der Waals surface area (Å²) in [4.78, 5) is 11.6. The summed E-state index contributed by atoms with van der Waals surface area (Å²) in [5, 5.41) is 4.04. The lowest BCUT2D eigenvalue weighted by atomic mass is 9.90. The highest BCUT2D eigenvalue weighted by Crippen LogP contribution is 2.31. The van der Waals surface area contributed by atoms with Crippen LogP contribution in [0, 0.1) is 0 Å². The molecule has 1 heterocycles. The minimum Gasteiger partial charge on any atom is -0.465 e. The number of benzene rings is 1. The number of anilines is 1. The predicted molar refractivity (Wildman–Crippen MR) is 84.1 cm³/mol. The van der Waals surface area contributed by atoms with Crippen LogP contribution in [0.25, 0.3) is 0 Å². The van der Waals surface area contributed by atoms with Crippen molar-refractivity contribution in [1.29, 1.82) is 0 Å². The van der Waals surface area contributed by atoms with Crippen LogP contribution < -0.4 is 5.32 Å². The zero-order chi connectivity index (χ0) is 15.5. The molecule has 0 aromatic heterocycles. The lowest BCUT2D eigenvalue weighted by Gasteiger charge is -2.38. The topological polar surface area (TPSA) is 47.6 Å². The average Bonchev–Trinajstić information content (AvgIpc) is 2.49. The standard InChI is InChI=1S/C16H22ClNO3/c1-4-16(2)10-12(7-8-21-16)18-14-9-11(15(19)20-3)5-6-13(14)17/h5-6,9,12,18H,4,7-8,10H2,1-3H3. The van der Waals surface area contributed by atoms with Crippen LogP contribution in [-0.2, 0) is 9.47 Å². The fraction of sp³-hybridized carbons (Fsp3) is 0.562. The number of carbonyl (C=O) groups excluding carboxylic acids is 1. The molecule has 1 fully saturated rings. The van der Waals surface area contributed by atoms with Crippen molar-refractivity contribution in [2.75, 3.05) is 19.0 Å². The van der Waals surface area contributed by atoms with Crippen molar-refractivity contribution in [3.05, 3.63) is 28.8 Å². The third-order valence-corrected chi connectivity index (χ3v) is 4.42. The second-order valence-corrected chi connectivity index (χ2v) is 6.08. The SMILES string of the molecule is CCC1(C)CC(Nc2cc(C(=O)OC)ccc2Cl)CCO1. The molecule has 1 aromatic carbocycles. The molecule has 0 spiro atoms. The third-order valence-electron chi connectivity index (χ3n) is 4.09. The monoisotopic (exact) mass is 311 g/mol. The van der Waals surface area contributed by atoms with Crippen molar-refractivity contribution >= 4 is 23.3 Å². The maximum Gasteiger partial charge on any atom is 0.337 e. The van der Waals surface area contributed by atoms with Gasteiger partial charge in [0.1, 0.15) is 0 Å². The molecule has 4 nitrogen and oxygen atoms in total. The lowest BCUT2D eigenvalue weighted by molar-refractivity contribution is -0.0708. The molecule has 1 aliphatic rings. The molecule has 1 aromatic rings. The highest BCUT2D eigenvalue weighted by Gasteiger charge is 2.31. The molecule has 0 radical (unpaired) electrons. The molecule has 2 unspecified atom stereocenters. The average molecular weight is 312 g/mol. The first kappa shape index (κ1) is 16.1. The number of ether oxygens (including phenoxy) is 2. The fourth-order valence-corrected chi connectivity index (χ4v) is 2.77. The second kappa shape index (κ2) is 6.67. The third kappa shape index (κ3) is 3.89.